The summed E-state index contributed by atoms with van der Waals surface area (Å²) in [7, 11) is 3.89. The molecule has 43 heavy (non-hydrogen) atoms. The summed E-state index contributed by atoms with van der Waals surface area (Å²) in [6.45, 7) is 8.36. The predicted octanol–water partition coefficient (Wildman–Crippen LogP) is 4.74. The molecule has 0 saturated heterocycles. The molecule has 1 amide bonds. The highest BCUT2D eigenvalue weighted by Crippen LogP contribution is 2.17. The summed E-state index contributed by atoms with van der Waals surface area (Å²) in [6, 6.07) is 15.6. The van der Waals surface area contributed by atoms with Gasteiger partial charge in [0, 0.05) is 50.4 Å². The SMILES string of the molecule is CCc1cccc(CNCC(OC(=O)c2cc(C)cc(C(=O)N(CC)CCN(C)C)c2)C(N)Cc2cc(F)cc(F)c2)c1. The first-order chi connectivity index (χ1) is 20.5. The monoisotopic (exact) mass is 594 g/mol. The van der Waals surface area contributed by atoms with E-state index in [9.17, 15) is 18.4 Å². The summed E-state index contributed by atoms with van der Waals surface area (Å²) in [5.41, 5.74) is 10.5. The Hall–Kier alpha value is -3.66. The molecule has 0 aliphatic rings. The molecule has 9 heteroatoms. The van der Waals surface area contributed by atoms with E-state index in [-0.39, 0.29) is 24.4 Å². The van der Waals surface area contributed by atoms with Crippen LogP contribution in [0.25, 0.3) is 0 Å². The van der Waals surface area contributed by atoms with Crippen LogP contribution in [-0.4, -0.2) is 74.1 Å². The number of benzene rings is 3. The van der Waals surface area contributed by atoms with Crippen LogP contribution in [0.1, 0.15) is 56.8 Å². The number of hydrogen-bond acceptors (Lipinski definition) is 6. The third kappa shape index (κ3) is 10.5. The molecule has 2 atom stereocenters. The van der Waals surface area contributed by atoms with Crippen molar-refractivity contribution in [1.82, 2.24) is 15.1 Å². The zero-order valence-corrected chi connectivity index (χ0v) is 25.8. The van der Waals surface area contributed by atoms with Gasteiger partial charge in [-0.1, -0.05) is 31.2 Å². The van der Waals surface area contributed by atoms with Crippen LogP contribution in [0.2, 0.25) is 0 Å². The van der Waals surface area contributed by atoms with Crippen LogP contribution in [0.5, 0.6) is 0 Å². The Labute approximate surface area is 254 Å². The van der Waals surface area contributed by atoms with Crippen molar-refractivity contribution < 1.29 is 23.1 Å². The molecule has 0 aromatic heterocycles. The molecule has 0 aliphatic heterocycles. The van der Waals surface area contributed by atoms with Gasteiger partial charge in [0.25, 0.3) is 5.91 Å². The van der Waals surface area contributed by atoms with Gasteiger partial charge in [0.05, 0.1) is 5.56 Å². The Morgan fingerprint density at radius 2 is 1.58 bits per heavy atom. The first-order valence-electron chi connectivity index (χ1n) is 14.7. The zero-order valence-electron chi connectivity index (χ0n) is 25.8. The van der Waals surface area contributed by atoms with Crippen LogP contribution >= 0.6 is 0 Å². The highest BCUT2D eigenvalue weighted by molar-refractivity contribution is 5.98. The average Bonchev–Trinajstić information content (AvgIpc) is 2.95. The Morgan fingerprint density at radius 3 is 2.23 bits per heavy atom. The number of nitrogens with zero attached hydrogens (tertiary/aromatic N) is 2. The molecule has 0 fully saturated rings. The maximum absolute atomic E-state index is 13.9. The molecule has 3 aromatic carbocycles. The van der Waals surface area contributed by atoms with Crippen molar-refractivity contribution in [2.75, 3.05) is 40.3 Å². The molecule has 3 N–H and O–H groups in total. The summed E-state index contributed by atoms with van der Waals surface area (Å²) in [6.07, 6.45) is 0.185. The zero-order chi connectivity index (χ0) is 31.5. The van der Waals surface area contributed by atoms with Crippen molar-refractivity contribution in [1.29, 1.82) is 0 Å². The molecular formula is C34H44F2N4O3. The van der Waals surface area contributed by atoms with E-state index in [1.54, 1.807) is 23.1 Å². The highest BCUT2D eigenvalue weighted by atomic mass is 19.1. The molecule has 0 radical (unpaired) electrons. The van der Waals surface area contributed by atoms with Crippen LogP contribution in [0, 0.1) is 18.6 Å². The Kier molecular flexibility index (Phi) is 12.8. The fraction of sp³-hybridized carbons (Fsp3) is 0.412. The van der Waals surface area contributed by atoms with E-state index < -0.39 is 29.7 Å². The Balaban J connectivity index is 1.80. The van der Waals surface area contributed by atoms with E-state index in [2.05, 4.69) is 24.4 Å². The van der Waals surface area contributed by atoms with Crippen LogP contribution in [0.3, 0.4) is 0 Å². The second-order valence-corrected chi connectivity index (χ2v) is 11.2. The van der Waals surface area contributed by atoms with Crippen LogP contribution in [0.4, 0.5) is 8.78 Å². The van der Waals surface area contributed by atoms with Gasteiger partial charge in [-0.2, -0.15) is 0 Å². The standard InChI is InChI=1S/C34H44F2N4O3/c1-6-24-9-8-10-25(15-24)21-38-22-32(31(37)18-26-16-29(35)20-30(36)17-26)43-34(42)28-14-23(3)13-27(19-28)33(41)40(7-2)12-11-39(4)5/h8-10,13-17,19-20,31-32,38H,6-7,11-12,18,21-22,37H2,1-5H3. The highest BCUT2D eigenvalue weighted by Gasteiger charge is 2.25. The van der Waals surface area contributed by atoms with Gasteiger partial charge in [0.2, 0.25) is 0 Å². The van der Waals surface area contributed by atoms with E-state index >= 15 is 0 Å². The Bertz CT molecular complexity index is 1360. The molecule has 0 spiro atoms. The van der Waals surface area contributed by atoms with Crippen molar-refractivity contribution in [2.45, 2.75) is 52.3 Å². The number of carbonyl (C=O) groups is 2. The summed E-state index contributed by atoms with van der Waals surface area (Å²) < 4.78 is 33.6. The topological polar surface area (TPSA) is 87.9 Å². The van der Waals surface area contributed by atoms with Crippen LogP contribution in [-0.2, 0) is 24.1 Å². The average molecular weight is 595 g/mol. The molecule has 3 rings (SSSR count). The first kappa shape index (κ1) is 33.8. The first-order valence-corrected chi connectivity index (χ1v) is 14.7. The Morgan fingerprint density at radius 1 is 0.907 bits per heavy atom. The smallest absolute Gasteiger partial charge is 0.338 e. The minimum absolute atomic E-state index is 0.0918. The summed E-state index contributed by atoms with van der Waals surface area (Å²) >= 11 is 0. The van der Waals surface area contributed by atoms with Gasteiger partial charge in [-0.3, -0.25) is 4.79 Å². The van der Waals surface area contributed by atoms with Crippen molar-refractivity contribution in [3.05, 3.63) is 106 Å². The van der Waals surface area contributed by atoms with Gasteiger partial charge in [0.1, 0.15) is 17.7 Å². The third-order valence-electron chi connectivity index (χ3n) is 7.25. The van der Waals surface area contributed by atoms with Crippen molar-refractivity contribution in [2.24, 2.45) is 5.73 Å². The van der Waals surface area contributed by atoms with Gasteiger partial charge in [-0.15, -0.1) is 0 Å². The van der Waals surface area contributed by atoms with Gasteiger partial charge in [-0.25, -0.2) is 13.6 Å². The maximum atomic E-state index is 13.9. The largest absolute Gasteiger partial charge is 0.456 e. The molecule has 0 bridgehead atoms. The number of nitrogens with one attached hydrogen (secondary N) is 1. The number of rotatable bonds is 15. The third-order valence-corrected chi connectivity index (χ3v) is 7.25. The fourth-order valence-corrected chi connectivity index (χ4v) is 4.87. The van der Waals surface area contributed by atoms with Gasteiger partial charge < -0.3 is 25.6 Å². The summed E-state index contributed by atoms with van der Waals surface area (Å²) in [5.74, 6) is -2.20. The van der Waals surface area contributed by atoms with E-state index in [1.807, 2.05) is 45.0 Å². The predicted molar refractivity (Wildman–Crippen MR) is 166 cm³/mol. The van der Waals surface area contributed by atoms with Gasteiger partial charge >= 0.3 is 5.97 Å². The number of esters is 1. The minimum atomic E-state index is -0.819. The number of amides is 1. The lowest BCUT2D eigenvalue weighted by Gasteiger charge is -2.25. The van der Waals surface area contributed by atoms with E-state index in [0.717, 1.165) is 23.6 Å². The van der Waals surface area contributed by atoms with Gasteiger partial charge in [0.15, 0.2) is 0 Å². The second kappa shape index (κ2) is 16.3. The van der Waals surface area contributed by atoms with Gasteiger partial charge in [-0.05, 0) is 93.4 Å². The lowest BCUT2D eigenvalue weighted by atomic mass is 10.0. The molecule has 2 unspecified atom stereocenters. The number of carbonyl (C=O) groups excluding carboxylic acids is 2. The normalized spacial score (nSPS) is 12.7. The summed E-state index contributed by atoms with van der Waals surface area (Å²) in [4.78, 5) is 30.5. The maximum Gasteiger partial charge on any atom is 0.338 e. The number of aryl methyl sites for hydroxylation is 2. The quantitative estimate of drug-likeness (QED) is 0.247. The van der Waals surface area contributed by atoms with E-state index in [4.69, 9.17) is 10.5 Å². The molecular weight excluding hydrogens is 550 g/mol. The number of hydrogen-bond donors (Lipinski definition) is 2. The lowest BCUT2D eigenvalue weighted by Crippen LogP contribution is -2.46. The molecule has 0 heterocycles. The van der Waals surface area contributed by atoms with E-state index in [0.29, 0.717) is 37.3 Å². The molecule has 0 saturated carbocycles. The van der Waals surface area contributed by atoms with Crippen molar-refractivity contribution in [3.63, 3.8) is 0 Å². The number of nitrogens with two attached hydrogens (primary N) is 1. The minimum Gasteiger partial charge on any atom is -0.456 e. The van der Waals surface area contributed by atoms with Crippen molar-refractivity contribution in [3.8, 4) is 0 Å². The molecule has 3 aromatic rings. The number of halogens is 2. The molecule has 232 valence electrons. The number of ether oxygens (including phenoxy) is 1. The van der Waals surface area contributed by atoms with Crippen molar-refractivity contribution >= 4 is 11.9 Å². The molecule has 0 aliphatic carbocycles. The van der Waals surface area contributed by atoms with Crippen LogP contribution < -0.4 is 11.1 Å². The second-order valence-electron chi connectivity index (χ2n) is 11.2. The van der Waals surface area contributed by atoms with Crippen LogP contribution in [0.15, 0.2) is 60.7 Å². The van der Waals surface area contributed by atoms with E-state index in [1.165, 1.54) is 17.7 Å². The number of likely N-dealkylation sites (N-methyl/N-ethyl adjacent to an activating group) is 2. The molecule has 7 nitrogen and oxygen atoms in total. The summed E-state index contributed by atoms with van der Waals surface area (Å²) in [5, 5.41) is 3.32. The fourth-order valence-electron chi connectivity index (χ4n) is 4.87. The lowest BCUT2D eigenvalue weighted by molar-refractivity contribution is 0.0238.